The van der Waals surface area contributed by atoms with Crippen molar-refractivity contribution in [2.75, 3.05) is 26.7 Å². The van der Waals surface area contributed by atoms with Crippen molar-refractivity contribution in [3.05, 3.63) is 35.4 Å². The lowest BCUT2D eigenvalue weighted by atomic mass is 9.83. The predicted molar refractivity (Wildman–Crippen MR) is 122 cm³/mol. The fourth-order valence-electron chi connectivity index (χ4n) is 4.23. The van der Waals surface area contributed by atoms with Crippen LogP contribution in [0, 0.1) is 0 Å². The van der Waals surface area contributed by atoms with Gasteiger partial charge in [-0.15, -0.1) is 24.0 Å². The second-order valence-electron chi connectivity index (χ2n) is 7.79. The van der Waals surface area contributed by atoms with Crippen molar-refractivity contribution < 1.29 is 0 Å². The van der Waals surface area contributed by atoms with E-state index in [0.29, 0.717) is 18.0 Å². The van der Waals surface area contributed by atoms with E-state index in [9.17, 15) is 0 Å². The highest BCUT2D eigenvalue weighted by Crippen LogP contribution is 2.30. The number of halogens is 1. The van der Waals surface area contributed by atoms with Crippen LogP contribution in [0.3, 0.4) is 0 Å². The number of fused-ring (bicyclic) bond motifs is 1. The van der Waals surface area contributed by atoms with E-state index in [2.05, 4.69) is 58.6 Å². The number of nitrogens with one attached hydrogen (secondary N) is 2. The number of piperidine rings is 1. The number of aryl methyl sites for hydroxylation is 1. The summed E-state index contributed by atoms with van der Waals surface area (Å²) in [5.41, 5.74) is 3.06. The van der Waals surface area contributed by atoms with E-state index in [0.717, 1.165) is 12.5 Å². The van der Waals surface area contributed by atoms with Crippen LogP contribution in [0.1, 0.15) is 56.6 Å². The summed E-state index contributed by atoms with van der Waals surface area (Å²) in [5, 5.41) is 7.23. The first kappa shape index (κ1) is 21.5. The normalized spacial score (nSPS) is 21.8. The number of nitrogens with zero attached hydrogens (tertiary/aromatic N) is 2. The Labute approximate surface area is 176 Å². The van der Waals surface area contributed by atoms with Gasteiger partial charge in [-0.3, -0.25) is 4.99 Å². The van der Waals surface area contributed by atoms with Gasteiger partial charge in [-0.1, -0.05) is 24.3 Å². The second-order valence-corrected chi connectivity index (χ2v) is 7.79. The fraction of sp³-hybridized carbons (Fsp3) is 0.667. The third-order valence-electron chi connectivity index (χ3n) is 5.83. The summed E-state index contributed by atoms with van der Waals surface area (Å²) >= 11 is 0. The zero-order chi connectivity index (χ0) is 17.6. The average molecular weight is 470 g/mol. The number of rotatable bonds is 4. The molecule has 146 valence electrons. The molecule has 0 saturated carbocycles. The zero-order valence-corrected chi connectivity index (χ0v) is 18.8. The highest BCUT2D eigenvalue weighted by Gasteiger charge is 2.23. The monoisotopic (exact) mass is 470 g/mol. The standard InChI is InChI=1S/C21H34N4.HI/c1-16(2)25-13-11-19(12-14-25)24-21(22-3)23-15-18-9-6-8-17-7-4-5-10-20(17)18;/h4-5,7,10,16,18-19H,6,8-9,11-15H2,1-3H3,(H2,22,23,24);1H. The van der Waals surface area contributed by atoms with Crippen molar-refractivity contribution in [2.24, 2.45) is 4.99 Å². The van der Waals surface area contributed by atoms with Gasteiger partial charge in [0.05, 0.1) is 0 Å². The summed E-state index contributed by atoms with van der Waals surface area (Å²) in [5.74, 6) is 1.57. The van der Waals surface area contributed by atoms with Gasteiger partial charge in [-0.25, -0.2) is 0 Å². The maximum absolute atomic E-state index is 4.46. The number of guanidine groups is 1. The molecule has 0 radical (unpaired) electrons. The van der Waals surface area contributed by atoms with Crippen molar-refractivity contribution in [2.45, 2.75) is 64.0 Å². The van der Waals surface area contributed by atoms with Gasteiger partial charge in [0.1, 0.15) is 0 Å². The summed E-state index contributed by atoms with van der Waals surface area (Å²) in [6.07, 6.45) is 6.20. The Morgan fingerprint density at radius 3 is 2.62 bits per heavy atom. The van der Waals surface area contributed by atoms with Gasteiger partial charge < -0.3 is 15.5 Å². The predicted octanol–water partition coefficient (Wildman–Crippen LogP) is 3.76. The maximum atomic E-state index is 4.46. The van der Waals surface area contributed by atoms with Crippen LogP contribution in [0.5, 0.6) is 0 Å². The van der Waals surface area contributed by atoms with Crippen LogP contribution in [0.4, 0.5) is 0 Å². The van der Waals surface area contributed by atoms with Gasteiger partial charge in [-0.05, 0) is 57.1 Å². The smallest absolute Gasteiger partial charge is 0.191 e. The van der Waals surface area contributed by atoms with Crippen molar-refractivity contribution in [1.82, 2.24) is 15.5 Å². The first-order valence-corrected chi connectivity index (χ1v) is 9.96. The third-order valence-corrected chi connectivity index (χ3v) is 5.83. The van der Waals surface area contributed by atoms with E-state index in [1.165, 1.54) is 56.3 Å². The maximum Gasteiger partial charge on any atom is 0.191 e. The number of hydrogen-bond acceptors (Lipinski definition) is 2. The number of likely N-dealkylation sites (tertiary alicyclic amines) is 1. The molecule has 4 nitrogen and oxygen atoms in total. The summed E-state index contributed by atoms with van der Waals surface area (Å²) < 4.78 is 0. The molecule has 1 unspecified atom stereocenters. The zero-order valence-electron chi connectivity index (χ0n) is 16.5. The molecular formula is C21H35IN4. The van der Waals surface area contributed by atoms with Crippen molar-refractivity contribution in [1.29, 1.82) is 0 Å². The van der Waals surface area contributed by atoms with Crippen molar-refractivity contribution >= 4 is 29.9 Å². The quantitative estimate of drug-likeness (QED) is 0.400. The lowest BCUT2D eigenvalue weighted by Crippen LogP contribution is -2.50. The summed E-state index contributed by atoms with van der Waals surface area (Å²) in [4.78, 5) is 7.02. The molecule has 1 saturated heterocycles. The van der Waals surface area contributed by atoms with Crippen LogP contribution in [0.25, 0.3) is 0 Å². The molecule has 0 amide bonds. The third kappa shape index (κ3) is 5.59. The number of aliphatic imine (C=N–C) groups is 1. The molecule has 5 heteroatoms. The Balaban J connectivity index is 0.00000243. The minimum absolute atomic E-state index is 0. The molecule has 2 N–H and O–H groups in total. The molecule has 1 aliphatic carbocycles. The molecule has 1 heterocycles. The molecule has 1 fully saturated rings. The SMILES string of the molecule is CN=C(NCC1CCCc2ccccc21)NC1CCN(C(C)C)CC1.I. The van der Waals surface area contributed by atoms with Gasteiger partial charge in [0.25, 0.3) is 0 Å². The lowest BCUT2D eigenvalue weighted by molar-refractivity contribution is 0.167. The summed E-state index contributed by atoms with van der Waals surface area (Å²) in [6, 6.07) is 10.1. The van der Waals surface area contributed by atoms with Crippen molar-refractivity contribution in [3.63, 3.8) is 0 Å². The van der Waals surface area contributed by atoms with Gasteiger partial charge in [-0.2, -0.15) is 0 Å². The first-order valence-electron chi connectivity index (χ1n) is 9.96. The molecule has 1 aliphatic heterocycles. The Morgan fingerprint density at radius 1 is 1.19 bits per heavy atom. The molecule has 26 heavy (non-hydrogen) atoms. The average Bonchev–Trinajstić information content (AvgIpc) is 2.65. The van der Waals surface area contributed by atoms with Crippen molar-refractivity contribution in [3.8, 4) is 0 Å². The minimum Gasteiger partial charge on any atom is -0.356 e. The van der Waals surface area contributed by atoms with E-state index < -0.39 is 0 Å². The minimum atomic E-state index is 0. The Bertz CT molecular complexity index is 579. The van der Waals surface area contributed by atoms with Crippen LogP contribution < -0.4 is 10.6 Å². The summed E-state index contributed by atoms with van der Waals surface area (Å²) in [6.45, 7) is 7.92. The Hall–Kier alpha value is -0.820. The molecule has 0 spiro atoms. The van der Waals surface area contributed by atoms with Crippen LogP contribution in [0.2, 0.25) is 0 Å². The highest BCUT2D eigenvalue weighted by atomic mass is 127. The molecule has 3 rings (SSSR count). The molecule has 0 aromatic heterocycles. The largest absolute Gasteiger partial charge is 0.356 e. The van der Waals surface area contributed by atoms with E-state index in [-0.39, 0.29) is 24.0 Å². The van der Waals surface area contributed by atoms with Gasteiger partial charge in [0, 0.05) is 44.7 Å². The lowest BCUT2D eigenvalue weighted by Gasteiger charge is -2.35. The number of hydrogen-bond donors (Lipinski definition) is 2. The van der Waals surface area contributed by atoms with Crippen LogP contribution in [0.15, 0.2) is 29.3 Å². The highest BCUT2D eigenvalue weighted by molar-refractivity contribution is 14.0. The molecule has 2 aliphatic rings. The molecule has 1 atom stereocenters. The molecule has 0 bridgehead atoms. The van der Waals surface area contributed by atoms with Gasteiger partial charge in [0.15, 0.2) is 5.96 Å². The fourth-order valence-corrected chi connectivity index (χ4v) is 4.23. The van der Waals surface area contributed by atoms with Crippen LogP contribution >= 0.6 is 24.0 Å². The van der Waals surface area contributed by atoms with Gasteiger partial charge in [0.2, 0.25) is 0 Å². The summed E-state index contributed by atoms with van der Waals surface area (Å²) in [7, 11) is 1.88. The second kappa shape index (κ2) is 10.5. The molecule has 1 aromatic rings. The molecular weight excluding hydrogens is 435 g/mol. The van der Waals surface area contributed by atoms with E-state index in [1.54, 1.807) is 0 Å². The Kier molecular flexibility index (Phi) is 8.67. The first-order chi connectivity index (χ1) is 12.2. The molecule has 1 aromatic carbocycles. The van der Waals surface area contributed by atoms with E-state index in [1.807, 2.05) is 7.05 Å². The van der Waals surface area contributed by atoms with E-state index in [4.69, 9.17) is 0 Å². The van der Waals surface area contributed by atoms with Crippen LogP contribution in [-0.2, 0) is 6.42 Å². The Morgan fingerprint density at radius 2 is 1.92 bits per heavy atom. The topological polar surface area (TPSA) is 39.7 Å². The van der Waals surface area contributed by atoms with E-state index >= 15 is 0 Å². The number of benzene rings is 1. The van der Waals surface area contributed by atoms with Crippen LogP contribution in [-0.4, -0.2) is 49.6 Å². The van der Waals surface area contributed by atoms with Gasteiger partial charge >= 0.3 is 0 Å².